The third kappa shape index (κ3) is 4.34. The van der Waals surface area contributed by atoms with Crippen LogP contribution in [0.3, 0.4) is 0 Å². The van der Waals surface area contributed by atoms with Crippen LogP contribution in [0.5, 0.6) is 0 Å². The number of hydrogen-bond acceptors (Lipinski definition) is 3. The number of carbonyl (C=O) groups excluding carboxylic acids is 1. The van der Waals surface area contributed by atoms with Crippen LogP contribution < -0.4 is 10.9 Å². The number of aromatic amines is 1. The molecular weight excluding hydrogens is 357 g/mol. The average molecular weight is 377 g/mol. The van der Waals surface area contributed by atoms with E-state index in [4.69, 9.17) is 0 Å². The molecular formula is C22H20FN3O2. The van der Waals surface area contributed by atoms with Gasteiger partial charge in [-0.2, -0.15) is 0 Å². The highest BCUT2D eigenvalue weighted by Crippen LogP contribution is 2.37. The van der Waals surface area contributed by atoms with Gasteiger partial charge >= 0.3 is 0 Å². The van der Waals surface area contributed by atoms with E-state index in [1.54, 1.807) is 6.07 Å². The first-order chi connectivity index (χ1) is 13.6. The summed E-state index contributed by atoms with van der Waals surface area (Å²) in [4.78, 5) is 32.1. The highest BCUT2D eigenvalue weighted by atomic mass is 19.1. The summed E-state index contributed by atoms with van der Waals surface area (Å²) < 4.78 is 13.5. The molecule has 1 amide bonds. The smallest absolute Gasteiger partial charge is 0.251 e. The first-order valence-electron chi connectivity index (χ1n) is 9.30. The van der Waals surface area contributed by atoms with Crippen molar-refractivity contribution in [3.63, 3.8) is 0 Å². The number of aromatic nitrogens is 2. The maximum absolute atomic E-state index is 13.5. The van der Waals surface area contributed by atoms with E-state index < -0.39 is 11.9 Å². The summed E-state index contributed by atoms with van der Waals surface area (Å²) in [5.41, 5.74) is 1.58. The van der Waals surface area contributed by atoms with Gasteiger partial charge in [0.05, 0.1) is 11.7 Å². The van der Waals surface area contributed by atoms with Crippen molar-refractivity contribution >= 4 is 5.91 Å². The number of amides is 1. The minimum atomic E-state index is -0.464. The average Bonchev–Trinajstić information content (AvgIpc) is 3.53. The molecule has 6 heteroatoms. The number of nitrogens with zero attached hydrogens (tertiary/aromatic N) is 1. The summed E-state index contributed by atoms with van der Waals surface area (Å²) in [6, 6.07) is 16.1. The molecule has 0 spiro atoms. The van der Waals surface area contributed by atoms with Crippen LogP contribution in [0.4, 0.5) is 4.39 Å². The van der Waals surface area contributed by atoms with Crippen LogP contribution in [0, 0.1) is 5.82 Å². The highest BCUT2D eigenvalue weighted by molar-refractivity contribution is 5.94. The third-order valence-electron chi connectivity index (χ3n) is 4.78. The Labute approximate surface area is 161 Å². The standard InChI is InChI=1S/C22H20FN3O2/c23-17-8-4-7-16(11-17)22(28)25-19(14-5-2-1-3-6-14)12-18-13-20(27)26-21(24-18)15-9-10-15/h1-8,11,13,15,19H,9-10,12H2,(H,25,28)(H,24,26,27)/t19-/m1/s1. The second kappa shape index (κ2) is 7.76. The number of carbonyl (C=O) groups is 1. The van der Waals surface area contributed by atoms with Gasteiger partial charge in [0.2, 0.25) is 0 Å². The maximum Gasteiger partial charge on any atom is 0.251 e. The number of nitrogens with one attached hydrogen (secondary N) is 2. The minimum absolute atomic E-state index is 0.185. The fourth-order valence-corrected chi connectivity index (χ4v) is 3.20. The molecule has 0 radical (unpaired) electrons. The van der Waals surface area contributed by atoms with Crippen molar-refractivity contribution in [1.82, 2.24) is 15.3 Å². The minimum Gasteiger partial charge on any atom is -0.345 e. The Bertz CT molecular complexity index is 1040. The van der Waals surface area contributed by atoms with Crippen molar-refractivity contribution in [2.45, 2.75) is 31.2 Å². The molecule has 1 aromatic heterocycles. The van der Waals surface area contributed by atoms with E-state index in [1.165, 1.54) is 24.3 Å². The predicted octanol–water partition coefficient (Wildman–Crippen LogP) is 3.50. The number of halogens is 1. The largest absolute Gasteiger partial charge is 0.345 e. The second-order valence-corrected chi connectivity index (χ2v) is 7.05. The van der Waals surface area contributed by atoms with E-state index in [1.807, 2.05) is 30.3 Å². The molecule has 1 saturated carbocycles. The fourth-order valence-electron chi connectivity index (χ4n) is 3.20. The maximum atomic E-state index is 13.5. The summed E-state index contributed by atoms with van der Waals surface area (Å²) in [5.74, 6) is 0.199. The lowest BCUT2D eigenvalue weighted by Crippen LogP contribution is -2.30. The van der Waals surface area contributed by atoms with Crippen molar-refractivity contribution in [2.24, 2.45) is 0 Å². The lowest BCUT2D eigenvalue weighted by Gasteiger charge is -2.19. The normalized spacial score (nSPS) is 14.5. The molecule has 1 heterocycles. The summed E-state index contributed by atoms with van der Waals surface area (Å²) in [6.45, 7) is 0. The van der Waals surface area contributed by atoms with Gasteiger partial charge in [-0.15, -0.1) is 0 Å². The molecule has 5 nitrogen and oxygen atoms in total. The lowest BCUT2D eigenvalue weighted by atomic mass is 10.0. The van der Waals surface area contributed by atoms with E-state index in [0.29, 0.717) is 23.9 Å². The molecule has 1 aliphatic carbocycles. The van der Waals surface area contributed by atoms with Crippen LogP contribution >= 0.6 is 0 Å². The molecule has 2 N–H and O–H groups in total. The van der Waals surface area contributed by atoms with Crippen molar-refractivity contribution in [3.05, 3.63) is 99.5 Å². The number of benzene rings is 2. The first-order valence-corrected chi connectivity index (χ1v) is 9.30. The van der Waals surface area contributed by atoms with Gasteiger partial charge in [0.25, 0.3) is 11.5 Å². The summed E-state index contributed by atoms with van der Waals surface area (Å²) in [5, 5.41) is 2.95. The van der Waals surface area contributed by atoms with Crippen molar-refractivity contribution in [1.29, 1.82) is 0 Å². The molecule has 142 valence electrons. The highest BCUT2D eigenvalue weighted by Gasteiger charge is 2.27. The zero-order valence-electron chi connectivity index (χ0n) is 15.2. The second-order valence-electron chi connectivity index (χ2n) is 7.05. The van der Waals surface area contributed by atoms with Gasteiger partial charge in [-0.1, -0.05) is 36.4 Å². The quantitative estimate of drug-likeness (QED) is 0.690. The molecule has 0 bridgehead atoms. The molecule has 0 saturated heterocycles. The van der Waals surface area contributed by atoms with Gasteiger partial charge in [0.1, 0.15) is 11.6 Å². The molecule has 1 aliphatic rings. The van der Waals surface area contributed by atoms with Crippen LogP contribution in [0.25, 0.3) is 0 Å². The summed E-state index contributed by atoms with van der Waals surface area (Å²) in [6.07, 6.45) is 2.43. The van der Waals surface area contributed by atoms with Gasteiger partial charge in [-0.3, -0.25) is 9.59 Å². The Hall–Kier alpha value is -3.28. The summed E-state index contributed by atoms with van der Waals surface area (Å²) >= 11 is 0. The van der Waals surface area contributed by atoms with Crippen LogP contribution in [0.15, 0.2) is 65.5 Å². The van der Waals surface area contributed by atoms with E-state index in [0.717, 1.165) is 18.4 Å². The Morgan fingerprint density at radius 2 is 1.93 bits per heavy atom. The SMILES string of the molecule is O=C(N[C@H](Cc1cc(=O)[nH]c(C2CC2)n1)c1ccccc1)c1cccc(F)c1. The van der Waals surface area contributed by atoms with Crippen molar-refractivity contribution < 1.29 is 9.18 Å². The van der Waals surface area contributed by atoms with E-state index in [2.05, 4.69) is 15.3 Å². The topological polar surface area (TPSA) is 74.8 Å². The number of rotatable bonds is 6. The van der Waals surface area contributed by atoms with E-state index in [9.17, 15) is 14.0 Å². The molecule has 0 aliphatic heterocycles. The Morgan fingerprint density at radius 1 is 1.14 bits per heavy atom. The fraction of sp³-hybridized carbons (Fsp3) is 0.227. The van der Waals surface area contributed by atoms with Crippen molar-refractivity contribution in [3.8, 4) is 0 Å². The van der Waals surface area contributed by atoms with Gasteiger partial charge in [0, 0.05) is 24.0 Å². The van der Waals surface area contributed by atoms with Gasteiger partial charge in [-0.05, 0) is 36.6 Å². The van der Waals surface area contributed by atoms with Crippen LogP contribution in [0.1, 0.15) is 52.2 Å². The molecule has 1 fully saturated rings. The van der Waals surface area contributed by atoms with Gasteiger partial charge in [-0.25, -0.2) is 9.37 Å². The van der Waals surface area contributed by atoms with Crippen LogP contribution in [-0.2, 0) is 6.42 Å². The monoisotopic (exact) mass is 377 g/mol. The number of hydrogen-bond donors (Lipinski definition) is 2. The third-order valence-corrected chi connectivity index (χ3v) is 4.78. The zero-order valence-corrected chi connectivity index (χ0v) is 15.2. The molecule has 0 unspecified atom stereocenters. The molecule has 2 aromatic carbocycles. The first kappa shape index (κ1) is 18.1. The predicted molar refractivity (Wildman–Crippen MR) is 104 cm³/mol. The van der Waals surface area contributed by atoms with Crippen LogP contribution in [0.2, 0.25) is 0 Å². The summed E-state index contributed by atoms with van der Waals surface area (Å²) in [7, 11) is 0. The molecule has 1 atom stereocenters. The molecule has 4 rings (SSSR count). The zero-order chi connectivity index (χ0) is 19.5. The Kier molecular flexibility index (Phi) is 5.02. The van der Waals surface area contributed by atoms with E-state index >= 15 is 0 Å². The molecule has 28 heavy (non-hydrogen) atoms. The van der Waals surface area contributed by atoms with Crippen molar-refractivity contribution in [2.75, 3.05) is 0 Å². The lowest BCUT2D eigenvalue weighted by molar-refractivity contribution is 0.0936. The van der Waals surface area contributed by atoms with Gasteiger partial charge in [0.15, 0.2) is 0 Å². The van der Waals surface area contributed by atoms with E-state index in [-0.39, 0.29) is 17.0 Å². The Morgan fingerprint density at radius 3 is 2.64 bits per heavy atom. The van der Waals surface area contributed by atoms with Crippen LogP contribution in [-0.4, -0.2) is 15.9 Å². The number of H-pyrrole nitrogens is 1. The Balaban J connectivity index is 1.61. The molecule has 3 aromatic rings. The van der Waals surface area contributed by atoms with Gasteiger partial charge < -0.3 is 10.3 Å².